The summed E-state index contributed by atoms with van der Waals surface area (Å²) >= 11 is 5.74. The molecule has 1 spiro atoms. The van der Waals surface area contributed by atoms with Gasteiger partial charge in [0.25, 0.3) is 10.0 Å². The number of hydrogen-bond acceptors (Lipinski definition) is 6. The molecule has 12 heteroatoms. The highest BCUT2D eigenvalue weighted by Gasteiger charge is 2.52. The Morgan fingerprint density at radius 2 is 1.85 bits per heavy atom. The van der Waals surface area contributed by atoms with Crippen molar-refractivity contribution in [3.8, 4) is 5.75 Å². The van der Waals surface area contributed by atoms with Crippen molar-refractivity contribution in [2.75, 3.05) is 21.5 Å². The highest BCUT2D eigenvalue weighted by atomic mass is 35.5. The van der Waals surface area contributed by atoms with Gasteiger partial charge in [-0.15, -0.1) is 0 Å². The number of ether oxygens (including phenoxy) is 1. The summed E-state index contributed by atoms with van der Waals surface area (Å²) in [5.74, 6) is -0.911. The molecule has 2 aromatic rings. The van der Waals surface area contributed by atoms with E-state index in [1.54, 1.807) is 6.07 Å². The van der Waals surface area contributed by atoms with Crippen molar-refractivity contribution in [1.29, 1.82) is 0 Å². The van der Waals surface area contributed by atoms with Crippen LogP contribution in [0.5, 0.6) is 5.75 Å². The second-order valence-corrected chi connectivity index (χ2v) is 13.3. The van der Waals surface area contributed by atoms with Gasteiger partial charge in [-0.25, -0.2) is 21.2 Å². The second-order valence-electron chi connectivity index (χ2n) is 8.94. The van der Waals surface area contributed by atoms with Crippen LogP contribution in [-0.2, 0) is 30.1 Å². The van der Waals surface area contributed by atoms with Crippen LogP contribution in [0.2, 0.25) is 5.02 Å². The molecule has 1 saturated heterocycles. The number of anilines is 2. The number of hydrogen-bond donors (Lipinski definition) is 2. The molecule has 5 rings (SSSR count). The molecule has 0 radical (unpaired) electrons. The molecular formula is C22H22ClFN2O6S2. The van der Waals surface area contributed by atoms with Crippen LogP contribution in [0.4, 0.5) is 15.8 Å². The van der Waals surface area contributed by atoms with Crippen molar-refractivity contribution in [1.82, 2.24) is 0 Å². The molecule has 182 valence electrons. The fraction of sp³-hybridized carbons (Fsp3) is 0.409. The first-order valence-electron chi connectivity index (χ1n) is 10.8. The van der Waals surface area contributed by atoms with Crippen LogP contribution < -0.4 is 14.8 Å². The molecule has 2 N–H and O–H groups in total. The summed E-state index contributed by atoms with van der Waals surface area (Å²) < 4.78 is 72.2. The number of amides is 1. The minimum absolute atomic E-state index is 0.00167. The van der Waals surface area contributed by atoms with E-state index in [-0.39, 0.29) is 33.9 Å². The fourth-order valence-corrected chi connectivity index (χ4v) is 7.43. The monoisotopic (exact) mass is 528 g/mol. The number of carbonyl (C=O) groups is 1. The van der Waals surface area contributed by atoms with Crippen LogP contribution in [0.15, 0.2) is 35.2 Å². The van der Waals surface area contributed by atoms with Crippen LogP contribution in [0.25, 0.3) is 0 Å². The van der Waals surface area contributed by atoms with Gasteiger partial charge in [0, 0.05) is 11.1 Å². The van der Waals surface area contributed by atoms with Gasteiger partial charge < -0.3 is 10.1 Å². The summed E-state index contributed by atoms with van der Waals surface area (Å²) in [6.07, 6.45) is 2.28. The third-order valence-corrected chi connectivity index (χ3v) is 10.1. The first-order chi connectivity index (χ1) is 16.0. The highest BCUT2D eigenvalue weighted by molar-refractivity contribution is 7.92. The van der Waals surface area contributed by atoms with Gasteiger partial charge in [-0.2, -0.15) is 0 Å². The predicted octanol–water partition coefficient (Wildman–Crippen LogP) is 3.61. The maximum atomic E-state index is 14.3. The lowest BCUT2D eigenvalue weighted by molar-refractivity contribution is -0.123. The minimum atomic E-state index is -4.31. The molecule has 2 fully saturated rings. The topological polar surface area (TPSA) is 119 Å². The van der Waals surface area contributed by atoms with E-state index in [0.717, 1.165) is 18.6 Å². The SMILES string of the molecule is O=C1Nc2c(OC3CCS(=O)(=O)CC3)cc(NS(=O)(=O)c3ccc(Cl)cc3F)cc2C12CCC2. The summed E-state index contributed by atoms with van der Waals surface area (Å²) in [4.78, 5) is 12.2. The highest BCUT2D eigenvalue weighted by Crippen LogP contribution is 2.54. The van der Waals surface area contributed by atoms with Crippen molar-refractivity contribution in [2.24, 2.45) is 0 Å². The number of benzene rings is 2. The molecule has 2 aliphatic heterocycles. The number of halogens is 2. The van der Waals surface area contributed by atoms with Gasteiger partial charge in [-0.3, -0.25) is 9.52 Å². The average molecular weight is 529 g/mol. The zero-order valence-electron chi connectivity index (χ0n) is 17.9. The van der Waals surface area contributed by atoms with Crippen molar-refractivity contribution >= 4 is 48.7 Å². The number of sulfone groups is 1. The first kappa shape index (κ1) is 23.4. The Bertz CT molecular complexity index is 1390. The molecular weight excluding hydrogens is 507 g/mol. The van der Waals surface area contributed by atoms with E-state index in [1.165, 1.54) is 12.1 Å². The summed E-state index contributed by atoms with van der Waals surface area (Å²) in [5.41, 5.74) is 0.461. The van der Waals surface area contributed by atoms with Gasteiger partial charge in [0.15, 0.2) is 9.84 Å². The molecule has 0 atom stereocenters. The normalized spacial score (nSPS) is 20.9. The largest absolute Gasteiger partial charge is 0.488 e. The van der Waals surface area contributed by atoms with Gasteiger partial charge >= 0.3 is 0 Å². The van der Waals surface area contributed by atoms with Gasteiger partial charge in [0.1, 0.15) is 22.6 Å². The number of carbonyl (C=O) groups excluding carboxylic acids is 1. The van der Waals surface area contributed by atoms with E-state index in [1.807, 2.05) is 0 Å². The Labute approximate surface area is 201 Å². The van der Waals surface area contributed by atoms with Crippen LogP contribution in [-0.4, -0.2) is 40.4 Å². The first-order valence-corrected chi connectivity index (χ1v) is 14.5. The number of nitrogens with one attached hydrogen (secondary N) is 2. The molecule has 0 bridgehead atoms. The predicted molar refractivity (Wildman–Crippen MR) is 125 cm³/mol. The molecule has 34 heavy (non-hydrogen) atoms. The molecule has 2 aromatic carbocycles. The van der Waals surface area contributed by atoms with Gasteiger partial charge in [-0.05, 0) is 55.5 Å². The lowest BCUT2D eigenvalue weighted by atomic mass is 9.65. The molecule has 1 amide bonds. The van der Waals surface area contributed by atoms with Crippen molar-refractivity contribution < 1.29 is 30.8 Å². The number of rotatable bonds is 5. The van der Waals surface area contributed by atoms with Crippen molar-refractivity contribution in [3.05, 3.63) is 46.7 Å². The van der Waals surface area contributed by atoms with E-state index >= 15 is 0 Å². The number of sulfonamides is 1. The van der Waals surface area contributed by atoms with Gasteiger partial charge in [-0.1, -0.05) is 18.0 Å². The lowest BCUT2D eigenvalue weighted by Crippen LogP contribution is -2.40. The molecule has 1 saturated carbocycles. The fourth-order valence-electron chi connectivity index (χ4n) is 4.73. The standard InChI is InChI=1S/C22H22ClFN2O6S2/c23-13-2-3-19(17(24)10-13)34(30,31)26-14-11-16-20(25-21(27)22(16)6-1-7-22)18(12-14)32-15-4-8-33(28,29)9-5-15/h2-3,10-12,15,26H,1,4-9H2,(H,25,27). The molecule has 8 nitrogen and oxygen atoms in total. The second kappa shape index (κ2) is 8.10. The summed E-state index contributed by atoms with van der Waals surface area (Å²) in [6, 6.07) is 6.28. The van der Waals surface area contributed by atoms with Gasteiger partial charge in [0.05, 0.1) is 28.3 Å². The van der Waals surface area contributed by atoms with Crippen LogP contribution in [0.3, 0.4) is 0 Å². The zero-order valence-corrected chi connectivity index (χ0v) is 20.3. The third-order valence-electron chi connectivity index (χ3n) is 6.73. The van der Waals surface area contributed by atoms with Crippen molar-refractivity contribution in [3.63, 3.8) is 0 Å². The Morgan fingerprint density at radius 1 is 1.15 bits per heavy atom. The third kappa shape index (κ3) is 4.03. The Balaban J connectivity index is 1.52. The van der Waals surface area contributed by atoms with Crippen LogP contribution in [0.1, 0.15) is 37.7 Å². The maximum Gasteiger partial charge on any atom is 0.264 e. The van der Waals surface area contributed by atoms with E-state index in [2.05, 4.69) is 10.0 Å². The summed E-state index contributed by atoms with van der Waals surface area (Å²) in [6.45, 7) is 0. The van der Waals surface area contributed by atoms with E-state index < -0.39 is 42.1 Å². The molecule has 0 aromatic heterocycles. The maximum absolute atomic E-state index is 14.3. The minimum Gasteiger partial charge on any atom is -0.488 e. The number of fused-ring (bicyclic) bond motifs is 2. The van der Waals surface area contributed by atoms with E-state index in [0.29, 0.717) is 36.9 Å². The van der Waals surface area contributed by atoms with E-state index in [9.17, 15) is 26.0 Å². The zero-order chi connectivity index (χ0) is 24.3. The lowest BCUT2D eigenvalue weighted by Gasteiger charge is -2.36. The van der Waals surface area contributed by atoms with Crippen LogP contribution >= 0.6 is 11.6 Å². The van der Waals surface area contributed by atoms with Crippen molar-refractivity contribution in [2.45, 2.75) is 48.5 Å². The summed E-state index contributed by atoms with van der Waals surface area (Å²) in [5, 5.41) is 2.93. The smallest absolute Gasteiger partial charge is 0.264 e. The van der Waals surface area contributed by atoms with E-state index in [4.69, 9.17) is 16.3 Å². The Kier molecular flexibility index (Phi) is 5.57. The molecule has 3 aliphatic rings. The molecule has 1 aliphatic carbocycles. The Hall–Kier alpha value is -2.37. The molecule has 0 unspecified atom stereocenters. The average Bonchev–Trinajstić information content (AvgIpc) is 3.01. The Morgan fingerprint density at radius 3 is 2.47 bits per heavy atom. The summed E-state index contributed by atoms with van der Waals surface area (Å²) in [7, 11) is -7.40. The van der Waals surface area contributed by atoms with Gasteiger partial charge in [0.2, 0.25) is 5.91 Å². The quantitative estimate of drug-likeness (QED) is 0.612. The molecule has 2 heterocycles. The van der Waals surface area contributed by atoms with Crippen LogP contribution in [0, 0.1) is 5.82 Å².